The van der Waals surface area contributed by atoms with E-state index in [4.69, 9.17) is 8.85 Å². The molecule has 0 saturated carbocycles. The van der Waals surface area contributed by atoms with Gasteiger partial charge in [-0.15, -0.1) is 0 Å². The highest BCUT2D eigenvalue weighted by Crippen LogP contribution is 2.28. The minimum Gasteiger partial charge on any atom is -0.520 e. The van der Waals surface area contributed by atoms with E-state index < -0.39 is 16.6 Å². The second-order valence-electron chi connectivity index (χ2n) is 10.8. The van der Waals surface area contributed by atoms with Crippen molar-refractivity contribution in [1.29, 1.82) is 0 Å². The average molecular weight is 479 g/mol. The van der Waals surface area contributed by atoms with Crippen LogP contribution in [0.2, 0.25) is 39.3 Å². The summed E-state index contributed by atoms with van der Waals surface area (Å²) in [4.78, 5) is 24.2. The second kappa shape index (κ2) is 14.1. The van der Waals surface area contributed by atoms with Crippen molar-refractivity contribution < 1.29 is 18.4 Å². The minimum atomic E-state index is -1.79. The largest absolute Gasteiger partial charge is 0.520 e. The molecule has 0 heterocycles. The first kappa shape index (κ1) is 28.8. The molecule has 0 saturated heterocycles. The lowest BCUT2D eigenvalue weighted by molar-refractivity contribution is -0.135. The van der Waals surface area contributed by atoms with Crippen LogP contribution in [0.1, 0.15) is 58.3 Å². The molecule has 1 rings (SSSR count). The molecule has 32 heavy (non-hydrogen) atoms. The smallest absolute Gasteiger partial charge is 0.292 e. The Kier molecular flexibility index (Phi) is 12.7. The van der Waals surface area contributed by atoms with Crippen molar-refractivity contribution in [1.82, 2.24) is 0 Å². The van der Waals surface area contributed by atoms with E-state index in [1.165, 1.54) is 19.3 Å². The monoisotopic (exact) mass is 478 g/mol. The van der Waals surface area contributed by atoms with E-state index in [-0.39, 0.29) is 29.7 Å². The summed E-state index contributed by atoms with van der Waals surface area (Å²) < 4.78 is 11.8. The van der Waals surface area contributed by atoms with Gasteiger partial charge in [0, 0.05) is 18.3 Å². The van der Waals surface area contributed by atoms with Crippen LogP contribution in [-0.2, 0) is 18.4 Å². The molecular weight excluding hydrogens is 432 g/mol. The first-order chi connectivity index (χ1) is 14.9. The molecule has 0 radical (unpaired) electrons. The molecule has 4 nitrogen and oxygen atoms in total. The van der Waals surface area contributed by atoms with E-state index in [9.17, 15) is 9.59 Å². The Labute approximate surface area is 198 Å². The van der Waals surface area contributed by atoms with Crippen molar-refractivity contribution in [3.8, 4) is 0 Å². The number of unbranched alkanes of at least 4 members (excludes halogenated alkanes) is 3. The molecule has 182 valence electrons. The van der Waals surface area contributed by atoms with E-state index in [1.54, 1.807) is 6.08 Å². The Hall–Kier alpha value is -1.25. The van der Waals surface area contributed by atoms with Crippen molar-refractivity contribution in [2.75, 3.05) is 0 Å². The molecule has 0 N–H and O–H groups in total. The Morgan fingerprint density at radius 1 is 1.06 bits per heavy atom. The van der Waals surface area contributed by atoms with Crippen LogP contribution in [0.3, 0.4) is 0 Å². The molecule has 3 atom stereocenters. The van der Waals surface area contributed by atoms with Gasteiger partial charge in [0.2, 0.25) is 8.32 Å². The fourth-order valence-electron chi connectivity index (χ4n) is 3.74. The summed E-state index contributed by atoms with van der Waals surface area (Å²) in [6.07, 6.45) is 19.9. The topological polar surface area (TPSA) is 52.6 Å². The Balaban J connectivity index is 2.53. The van der Waals surface area contributed by atoms with E-state index in [2.05, 4.69) is 50.9 Å². The zero-order valence-corrected chi connectivity index (χ0v) is 23.5. The fraction of sp³-hybridized carbons (Fsp3) is 0.692. The van der Waals surface area contributed by atoms with Crippen LogP contribution >= 0.6 is 0 Å². The van der Waals surface area contributed by atoms with Crippen LogP contribution in [0.5, 0.6) is 0 Å². The van der Waals surface area contributed by atoms with Gasteiger partial charge < -0.3 is 8.85 Å². The number of allylic oxidation sites excluding steroid dienone is 5. The van der Waals surface area contributed by atoms with Crippen LogP contribution in [0.25, 0.3) is 0 Å². The number of hydrogen-bond donors (Lipinski definition) is 0. The summed E-state index contributed by atoms with van der Waals surface area (Å²) in [6.45, 7) is 15.0. The van der Waals surface area contributed by atoms with E-state index in [0.29, 0.717) is 6.42 Å². The molecule has 0 aromatic rings. The van der Waals surface area contributed by atoms with Crippen molar-refractivity contribution >= 4 is 28.4 Å². The minimum absolute atomic E-state index is 0.0254. The zero-order chi connectivity index (χ0) is 24.2. The average Bonchev–Trinajstić information content (AvgIpc) is 3.00. The Morgan fingerprint density at radius 2 is 1.78 bits per heavy atom. The summed E-state index contributed by atoms with van der Waals surface area (Å²) in [5.74, 6) is 0.226. The van der Waals surface area contributed by atoms with Crippen LogP contribution in [0.15, 0.2) is 36.5 Å². The van der Waals surface area contributed by atoms with Gasteiger partial charge in [0.25, 0.3) is 5.97 Å². The molecule has 0 amide bonds. The normalized spacial score (nSPS) is 20.5. The van der Waals surface area contributed by atoms with Crippen LogP contribution in [0, 0.1) is 11.8 Å². The highest BCUT2D eigenvalue weighted by molar-refractivity contribution is 6.71. The van der Waals surface area contributed by atoms with E-state index in [1.807, 2.05) is 25.7 Å². The molecule has 0 bridgehead atoms. The first-order valence-electron chi connectivity index (χ1n) is 12.4. The van der Waals surface area contributed by atoms with Crippen LogP contribution in [0.4, 0.5) is 0 Å². The standard InChI is InChI=1S/C26H46O4Si2/c1-8-9-12-15-23(29-31(2,3)4)20-18-22-19-21-25(27)24(22)16-13-10-11-14-17-26(28)30-32(5,6)7/h10,13,18-24H,8-9,11-12,14-17H2,1-7H3/b13-10+,20-18+/t22-,23-,24+/m0/s1. The number of rotatable bonds is 15. The number of hydrogen-bond acceptors (Lipinski definition) is 4. The molecule has 0 spiro atoms. The molecule has 1 aliphatic carbocycles. The lowest BCUT2D eigenvalue weighted by atomic mass is 9.90. The van der Waals surface area contributed by atoms with Crippen LogP contribution in [-0.4, -0.2) is 34.5 Å². The third-order valence-corrected chi connectivity index (χ3v) is 7.04. The highest BCUT2D eigenvalue weighted by atomic mass is 28.4. The second-order valence-corrected chi connectivity index (χ2v) is 19.7. The SMILES string of the molecule is CCCCC[C@@H](/C=C/[C@H]1C=CC(=O)[C@@H]1C/C=C/CCCC(=O)O[Si](C)(C)C)O[Si](C)(C)C. The number of carbonyl (C=O) groups is 2. The highest BCUT2D eigenvalue weighted by Gasteiger charge is 2.28. The van der Waals surface area contributed by atoms with Gasteiger partial charge in [0.15, 0.2) is 14.1 Å². The lowest BCUT2D eigenvalue weighted by Crippen LogP contribution is -2.31. The van der Waals surface area contributed by atoms with Gasteiger partial charge in [0.1, 0.15) is 0 Å². The predicted molar refractivity (Wildman–Crippen MR) is 140 cm³/mol. The quantitative estimate of drug-likeness (QED) is 0.142. The molecule has 0 fully saturated rings. The van der Waals surface area contributed by atoms with Gasteiger partial charge in [-0.25, -0.2) is 0 Å². The maximum absolute atomic E-state index is 12.4. The summed E-state index contributed by atoms with van der Waals surface area (Å²) in [6, 6.07) is 0. The number of carbonyl (C=O) groups excluding carboxylic acids is 2. The molecule has 0 aromatic heterocycles. The molecule has 1 aliphatic rings. The molecule has 0 aromatic carbocycles. The summed E-state index contributed by atoms with van der Waals surface area (Å²) in [7, 11) is -3.41. The van der Waals surface area contributed by atoms with Crippen molar-refractivity contribution in [3.63, 3.8) is 0 Å². The summed E-state index contributed by atoms with van der Waals surface area (Å²) in [5.41, 5.74) is 0. The maximum Gasteiger partial charge on any atom is 0.292 e. The Morgan fingerprint density at radius 3 is 2.41 bits per heavy atom. The molecule has 0 aliphatic heterocycles. The van der Waals surface area contributed by atoms with Gasteiger partial charge in [-0.05, 0) is 71.0 Å². The van der Waals surface area contributed by atoms with Gasteiger partial charge in [0.05, 0.1) is 6.10 Å². The fourth-order valence-corrected chi connectivity index (χ4v) is 5.63. The molecular formula is C26H46O4Si2. The van der Waals surface area contributed by atoms with Gasteiger partial charge in [-0.2, -0.15) is 0 Å². The zero-order valence-electron chi connectivity index (χ0n) is 21.5. The summed E-state index contributed by atoms with van der Waals surface area (Å²) in [5, 5.41) is 0. The van der Waals surface area contributed by atoms with Gasteiger partial charge >= 0.3 is 0 Å². The predicted octanol–water partition coefficient (Wildman–Crippen LogP) is 7.21. The first-order valence-corrected chi connectivity index (χ1v) is 19.2. The van der Waals surface area contributed by atoms with Crippen molar-refractivity contribution in [3.05, 3.63) is 36.5 Å². The third kappa shape index (κ3) is 13.3. The lowest BCUT2D eigenvalue weighted by Gasteiger charge is -2.25. The maximum atomic E-state index is 12.4. The van der Waals surface area contributed by atoms with Crippen LogP contribution < -0.4 is 0 Å². The third-order valence-electron chi connectivity index (χ3n) is 5.19. The molecule has 6 heteroatoms. The van der Waals surface area contributed by atoms with Crippen molar-refractivity contribution in [2.24, 2.45) is 11.8 Å². The Bertz CT molecular complexity index is 668. The van der Waals surface area contributed by atoms with Gasteiger partial charge in [-0.3, -0.25) is 9.59 Å². The number of ketones is 1. The molecule has 0 unspecified atom stereocenters. The van der Waals surface area contributed by atoms with E-state index in [0.717, 1.165) is 25.7 Å². The van der Waals surface area contributed by atoms with Crippen molar-refractivity contribution in [2.45, 2.75) is 104 Å². The summed E-state index contributed by atoms with van der Waals surface area (Å²) >= 11 is 0. The van der Waals surface area contributed by atoms with E-state index >= 15 is 0 Å². The van der Waals surface area contributed by atoms with Gasteiger partial charge in [-0.1, -0.05) is 56.6 Å².